The average Bonchev–Trinajstić information content (AvgIpc) is 3.14. The largest absolute Gasteiger partial charge is 0.276 e. The van der Waals surface area contributed by atoms with E-state index in [0.717, 1.165) is 27.7 Å². The summed E-state index contributed by atoms with van der Waals surface area (Å²) in [5, 5.41) is 9.03. The van der Waals surface area contributed by atoms with Crippen molar-refractivity contribution in [2.24, 2.45) is 0 Å². The second-order valence-corrected chi connectivity index (χ2v) is 7.59. The van der Waals surface area contributed by atoms with Crippen molar-refractivity contribution >= 4 is 51.3 Å². The summed E-state index contributed by atoms with van der Waals surface area (Å²) in [6, 6.07) is 16.9. The van der Waals surface area contributed by atoms with Gasteiger partial charge < -0.3 is 0 Å². The number of fused-ring (bicyclic) bond motifs is 1. The molecule has 1 amide bonds. The zero-order valence-electron chi connectivity index (χ0n) is 14.1. The van der Waals surface area contributed by atoms with E-state index in [1.807, 2.05) is 77.5 Å². The fourth-order valence-corrected chi connectivity index (χ4v) is 3.68. The number of halogens is 2. The minimum absolute atomic E-state index is 0.0823. The summed E-state index contributed by atoms with van der Waals surface area (Å²) < 4.78 is 1.66. The summed E-state index contributed by atoms with van der Waals surface area (Å²) in [4.78, 5) is 17.1. The number of carbonyl (C=O) groups is 1. The second-order valence-electron chi connectivity index (χ2n) is 5.99. The Balaban J connectivity index is 1.66. The molecule has 0 fully saturated rings. The summed E-state index contributed by atoms with van der Waals surface area (Å²) in [7, 11) is 0. The summed E-state index contributed by atoms with van der Waals surface area (Å²) in [5.74, 6) is -0.0823. The predicted octanol–water partition coefficient (Wildman–Crippen LogP) is 5.27. The van der Waals surface area contributed by atoms with Crippen LogP contribution >= 0.6 is 34.5 Å². The van der Waals surface area contributed by atoms with Crippen molar-refractivity contribution in [1.82, 2.24) is 18.3 Å². The Bertz CT molecular complexity index is 1100. The minimum Gasteiger partial charge on any atom is -0.276 e. The molecule has 4 rings (SSSR count). The van der Waals surface area contributed by atoms with E-state index >= 15 is 0 Å². The molecule has 134 valence electrons. The fraction of sp³-hybridized carbons (Fsp3) is 0.0500. The van der Waals surface area contributed by atoms with Crippen molar-refractivity contribution in [3.8, 4) is 11.3 Å². The highest BCUT2D eigenvalue weighted by atomic mass is 127. The standard InChI is InChI=1S/C20H14ClIN4O/c21-15-6-4-13(5-7-15)12-26(22)20(27)17-3-1-2-16-18(24-25-19(16)17)14-8-10-23-11-9-14/h1-11H,12H2,(H,24,25). The number of para-hydroxylation sites is 1. The normalized spacial score (nSPS) is 10.9. The van der Waals surface area contributed by atoms with Gasteiger partial charge in [0.2, 0.25) is 0 Å². The molecule has 0 aliphatic heterocycles. The summed E-state index contributed by atoms with van der Waals surface area (Å²) in [6.45, 7) is 0.484. The first-order valence-electron chi connectivity index (χ1n) is 8.23. The smallest absolute Gasteiger partial charge is 0.265 e. The number of nitrogens with one attached hydrogen (secondary N) is 1. The van der Waals surface area contributed by atoms with Crippen LogP contribution in [0.4, 0.5) is 0 Å². The lowest BCUT2D eigenvalue weighted by atomic mass is 10.1. The van der Waals surface area contributed by atoms with Crippen LogP contribution in [0.1, 0.15) is 15.9 Å². The molecule has 0 saturated carbocycles. The predicted molar refractivity (Wildman–Crippen MR) is 115 cm³/mol. The van der Waals surface area contributed by atoms with Gasteiger partial charge in [-0.1, -0.05) is 35.9 Å². The number of hydrogen-bond acceptors (Lipinski definition) is 3. The molecule has 2 aromatic carbocycles. The molecule has 7 heteroatoms. The highest BCUT2D eigenvalue weighted by Crippen LogP contribution is 2.29. The van der Waals surface area contributed by atoms with Crippen LogP contribution in [0.15, 0.2) is 67.0 Å². The Labute approximate surface area is 174 Å². The highest BCUT2D eigenvalue weighted by molar-refractivity contribution is 14.1. The summed E-state index contributed by atoms with van der Waals surface area (Å²) in [6.07, 6.45) is 3.45. The van der Waals surface area contributed by atoms with Crippen LogP contribution in [0.2, 0.25) is 5.02 Å². The third-order valence-electron chi connectivity index (χ3n) is 4.24. The van der Waals surface area contributed by atoms with E-state index in [1.54, 1.807) is 15.5 Å². The maximum absolute atomic E-state index is 13.0. The van der Waals surface area contributed by atoms with Gasteiger partial charge in [0.25, 0.3) is 5.91 Å². The first kappa shape index (κ1) is 17.9. The average molecular weight is 489 g/mol. The lowest BCUT2D eigenvalue weighted by Gasteiger charge is -2.15. The number of benzene rings is 2. The Hall–Kier alpha value is -2.45. The van der Waals surface area contributed by atoms with Crippen molar-refractivity contribution in [3.63, 3.8) is 0 Å². The second kappa shape index (κ2) is 7.66. The van der Waals surface area contributed by atoms with Crippen LogP contribution in [0.3, 0.4) is 0 Å². The molecule has 0 saturated heterocycles. The summed E-state index contributed by atoms with van der Waals surface area (Å²) in [5.41, 5.74) is 4.08. The van der Waals surface area contributed by atoms with Gasteiger partial charge in [0.15, 0.2) is 0 Å². The number of pyridine rings is 1. The van der Waals surface area contributed by atoms with Crippen LogP contribution in [-0.2, 0) is 6.54 Å². The lowest BCUT2D eigenvalue weighted by Crippen LogP contribution is -2.20. The quantitative estimate of drug-likeness (QED) is 0.314. The third-order valence-corrected chi connectivity index (χ3v) is 5.27. The van der Waals surface area contributed by atoms with Gasteiger partial charge in [-0.3, -0.25) is 18.0 Å². The van der Waals surface area contributed by atoms with Crippen LogP contribution in [0.25, 0.3) is 22.2 Å². The molecule has 5 nitrogen and oxygen atoms in total. The summed E-state index contributed by atoms with van der Waals surface area (Å²) >= 11 is 7.97. The van der Waals surface area contributed by atoms with E-state index in [2.05, 4.69) is 15.2 Å². The van der Waals surface area contributed by atoms with Crippen LogP contribution < -0.4 is 0 Å². The van der Waals surface area contributed by atoms with E-state index in [9.17, 15) is 4.79 Å². The van der Waals surface area contributed by atoms with Gasteiger partial charge in [0.05, 0.1) is 40.5 Å². The monoisotopic (exact) mass is 488 g/mol. The molecule has 0 aliphatic carbocycles. The van der Waals surface area contributed by atoms with E-state index in [-0.39, 0.29) is 5.91 Å². The molecule has 2 heterocycles. The van der Waals surface area contributed by atoms with E-state index in [4.69, 9.17) is 11.6 Å². The number of carbonyl (C=O) groups excluding carboxylic acids is 1. The van der Waals surface area contributed by atoms with Gasteiger partial charge in [-0.05, 0) is 35.9 Å². The van der Waals surface area contributed by atoms with E-state index < -0.39 is 0 Å². The number of aromatic amines is 1. The van der Waals surface area contributed by atoms with Gasteiger partial charge in [-0.15, -0.1) is 0 Å². The number of H-pyrrole nitrogens is 1. The number of rotatable bonds is 4. The van der Waals surface area contributed by atoms with Crippen LogP contribution in [0, 0.1) is 0 Å². The molecule has 27 heavy (non-hydrogen) atoms. The zero-order chi connectivity index (χ0) is 18.8. The molecule has 4 aromatic rings. The van der Waals surface area contributed by atoms with Crippen molar-refractivity contribution in [2.75, 3.05) is 0 Å². The molecule has 0 bridgehead atoms. The Morgan fingerprint density at radius 1 is 1.07 bits per heavy atom. The number of amides is 1. The van der Waals surface area contributed by atoms with Crippen LogP contribution in [0.5, 0.6) is 0 Å². The molecule has 0 aliphatic rings. The molecule has 0 radical (unpaired) electrons. The van der Waals surface area contributed by atoms with E-state index in [0.29, 0.717) is 17.1 Å². The zero-order valence-corrected chi connectivity index (χ0v) is 17.0. The van der Waals surface area contributed by atoms with E-state index in [1.165, 1.54) is 0 Å². The number of hydrogen-bond donors (Lipinski definition) is 1. The molecule has 0 atom stereocenters. The molecule has 0 unspecified atom stereocenters. The maximum Gasteiger partial charge on any atom is 0.265 e. The fourth-order valence-electron chi connectivity index (χ4n) is 2.90. The number of nitrogens with zero attached hydrogens (tertiary/aromatic N) is 3. The molecular formula is C20H14ClIN4O. The molecule has 0 spiro atoms. The Morgan fingerprint density at radius 3 is 2.56 bits per heavy atom. The third kappa shape index (κ3) is 3.68. The van der Waals surface area contributed by atoms with Gasteiger partial charge in [0.1, 0.15) is 5.69 Å². The van der Waals surface area contributed by atoms with Gasteiger partial charge in [0, 0.05) is 28.4 Å². The topological polar surface area (TPSA) is 61.9 Å². The van der Waals surface area contributed by atoms with Gasteiger partial charge >= 0.3 is 0 Å². The highest BCUT2D eigenvalue weighted by Gasteiger charge is 2.19. The maximum atomic E-state index is 13.0. The lowest BCUT2D eigenvalue weighted by molar-refractivity contribution is 0.0885. The molecule has 1 N–H and O–H groups in total. The van der Waals surface area contributed by atoms with Crippen molar-refractivity contribution in [2.45, 2.75) is 6.54 Å². The van der Waals surface area contributed by atoms with Crippen molar-refractivity contribution < 1.29 is 4.79 Å². The van der Waals surface area contributed by atoms with Crippen molar-refractivity contribution in [3.05, 3.63) is 83.1 Å². The van der Waals surface area contributed by atoms with Crippen LogP contribution in [-0.4, -0.2) is 24.2 Å². The molecular weight excluding hydrogens is 475 g/mol. The minimum atomic E-state index is -0.0823. The van der Waals surface area contributed by atoms with Gasteiger partial charge in [-0.25, -0.2) is 0 Å². The Kier molecular flexibility index (Phi) is 5.09. The first-order valence-corrected chi connectivity index (χ1v) is 9.57. The van der Waals surface area contributed by atoms with Crippen molar-refractivity contribution in [1.29, 1.82) is 0 Å². The number of aromatic nitrogens is 3. The van der Waals surface area contributed by atoms with Gasteiger partial charge in [-0.2, -0.15) is 5.10 Å². The Morgan fingerprint density at radius 2 is 1.81 bits per heavy atom. The molecule has 2 aromatic heterocycles. The SMILES string of the molecule is O=C(c1cccc2c(-c3ccncc3)n[nH]c12)N(I)Cc1ccc(Cl)cc1. The first-order chi connectivity index (χ1) is 13.1.